The molecular weight excluding hydrogens is 382 g/mol. The van der Waals surface area contributed by atoms with Crippen molar-refractivity contribution in [2.24, 2.45) is 0 Å². The van der Waals surface area contributed by atoms with Crippen LogP contribution < -0.4 is 11.1 Å². The van der Waals surface area contributed by atoms with E-state index in [0.717, 1.165) is 37.1 Å². The first kappa shape index (κ1) is 19.9. The average molecular weight is 407 g/mol. The third-order valence-corrected chi connectivity index (χ3v) is 5.53. The number of carbonyl (C=O) groups is 2. The molecule has 0 saturated carbocycles. The molecule has 156 valence electrons. The van der Waals surface area contributed by atoms with Gasteiger partial charge in [-0.05, 0) is 68.1 Å². The van der Waals surface area contributed by atoms with E-state index in [1.807, 2.05) is 36.9 Å². The Morgan fingerprint density at radius 2 is 1.83 bits per heavy atom. The van der Waals surface area contributed by atoms with Crippen molar-refractivity contribution in [2.45, 2.75) is 39.7 Å². The minimum Gasteiger partial charge on any atom is -0.408 e. The van der Waals surface area contributed by atoms with Crippen molar-refractivity contribution in [2.75, 3.05) is 18.4 Å². The molecule has 0 unspecified atom stereocenters. The maximum absolute atomic E-state index is 12.5. The van der Waals surface area contributed by atoms with Gasteiger partial charge in [-0.1, -0.05) is 6.07 Å². The first-order valence-corrected chi connectivity index (χ1v) is 10.2. The molecule has 0 radical (unpaired) electrons. The highest BCUT2D eigenvalue weighted by atomic mass is 16.4. The molecule has 2 aromatic carbocycles. The van der Waals surface area contributed by atoms with Crippen molar-refractivity contribution in [3.8, 4) is 0 Å². The summed E-state index contributed by atoms with van der Waals surface area (Å²) in [6.45, 7) is 5.64. The molecule has 2 heterocycles. The molecule has 1 aromatic heterocycles. The Kier molecular flexibility index (Phi) is 5.44. The van der Waals surface area contributed by atoms with E-state index >= 15 is 0 Å². The van der Waals surface area contributed by atoms with Crippen LogP contribution in [0.2, 0.25) is 0 Å². The van der Waals surface area contributed by atoms with E-state index in [1.165, 1.54) is 4.57 Å². The number of oxazole rings is 1. The zero-order valence-electron chi connectivity index (χ0n) is 17.2. The molecule has 1 saturated heterocycles. The number of hydrogen-bond donors (Lipinski definition) is 1. The van der Waals surface area contributed by atoms with Crippen LogP contribution in [0.1, 0.15) is 40.7 Å². The molecule has 4 rings (SSSR count). The van der Waals surface area contributed by atoms with Crippen LogP contribution in [0.15, 0.2) is 45.6 Å². The Hall–Kier alpha value is -3.35. The molecule has 0 aliphatic carbocycles. The SMILES string of the molecule is Cc1ccc2oc(=O)n(CCC(=O)Nc3ccc(C(=O)N4CCCC4)cc3C)c2c1. The van der Waals surface area contributed by atoms with Crippen LogP contribution in [0.25, 0.3) is 11.1 Å². The fourth-order valence-electron chi connectivity index (χ4n) is 3.85. The van der Waals surface area contributed by atoms with Gasteiger partial charge in [0.1, 0.15) is 0 Å². The molecule has 0 bridgehead atoms. The van der Waals surface area contributed by atoms with Gasteiger partial charge in [0.15, 0.2) is 5.58 Å². The molecule has 30 heavy (non-hydrogen) atoms. The summed E-state index contributed by atoms with van der Waals surface area (Å²) >= 11 is 0. The van der Waals surface area contributed by atoms with Gasteiger partial charge in [0.05, 0.1) is 5.52 Å². The van der Waals surface area contributed by atoms with Crippen LogP contribution in [0, 0.1) is 13.8 Å². The Morgan fingerprint density at radius 3 is 2.57 bits per heavy atom. The lowest BCUT2D eigenvalue weighted by atomic mass is 10.1. The van der Waals surface area contributed by atoms with Crippen LogP contribution in [0.3, 0.4) is 0 Å². The van der Waals surface area contributed by atoms with E-state index in [1.54, 1.807) is 18.2 Å². The number of carbonyl (C=O) groups excluding carboxylic acids is 2. The third kappa shape index (κ3) is 4.01. The number of rotatable bonds is 5. The summed E-state index contributed by atoms with van der Waals surface area (Å²) in [7, 11) is 0. The zero-order chi connectivity index (χ0) is 21.3. The summed E-state index contributed by atoms with van der Waals surface area (Å²) in [5.74, 6) is -0.634. The van der Waals surface area contributed by atoms with Crippen molar-refractivity contribution in [3.63, 3.8) is 0 Å². The molecule has 0 spiro atoms. The van der Waals surface area contributed by atoms with Crippen molar-refractivity contribution in [1.82, 2.24) is 9.47 Å². The monoisotopic (exact) mass is 407 g/mol. The highest BCUT2D eigenvalue weighted by Gasteiger charge is 2.20. The van der Waals surface area contributed by atoms with Gasteiger partial charge in [0.2, 0.25) is 5.91 Å². The molecule has 2 amide bonds. The van der Waals surface area contributed by atoms with E-state index in [9.17, 15) is 14.4 Å². The number of likely N-dealkylation sites (tertiary alicyclic amines) is 1. The van der Waals surface area contributed by atoms with E-state index in [0.29, 0.717) is 22.4 Å². The Balaban J connectivity index is 1.42. The number of fused-ring (bicyclic) bond motifs is 1. The van der Waals surface area contributed by atoms with E-state index in [2.05, 4.69) is 5.32 Å². The smallest absolute Gasteiger partial charge is 0.408 e. The fourth-order valence-corrected chi connectivity index (χ4v) is 3.85. The van der Waals surface area contributed by atoms with E-state index < -0.39 is 5.76 Å². The van der Waals surface area contributed by atoms with Gasteiger partial charge in [-0.3, -0.25) is 14.2 Å². The second-order valence-electron chi connectivity index (χ2n) is 7.82. The molecule has 1 N–H and O–H groups in total. The average Bonchev–Trinajstić information content (AvgIpc) is 3.35. The van der Waals surface area contributed by atoms with Gasteiger partial charge in [0, 0.05) is 37.3 Å². The van der Waals surface area contributed by atoms with Crippen LogP contribution >= 0.6 is 0 Å². The van der Waals surface area contributed by atoms with Gasteiger partial charge < -0.3 is 14.6 Å². The lowest BCUT2D eigenvalue weighted by Gasteiger charge is -2.16. The molecule has 7 heteroatoms. The largest absolute Gasteiger partial charge is 0.419 e. The van der Waals surface area contributed by atoms with E-state index in [-0.39, 0.29) is 24.8 Å². The number of aryl methyl sites for hydroxylation is 3. The number of anilines is 1. The highest BCUT2D eigenvalue weighted by Crippen LogP contribution is 2.20. The summed E-state index contributed by atoms with van der Waals surface area (Å²) in [6.07, 6.45) is 2.23. The van der Waals surface area contributed by atoms with E-state index in [4.69, 9.17) is 4.42 Å². The predicted molar refractivity (Wildman–Crippen MR) is 115 cm³/mol. The molecule has 1 aliphatic heterocycles. The second kappa shape index (κ2) is 8.18. The van der Waals surface area contributed by atoms with Gasteiger partial charge in [-0.2, -0.15) is 0 Å². The van der Waals surface area contributed by atoms with Gasteiger partial charge >= 0.3 is 5.76 Å². The van der Waals surface area contributed by atoms with Gasteiger partial charge in [0.25, 0.3) is 5.91 Å². The van der Waals surface area contributed by atoms with Gasteiger partial charge in [-0.15, -0.1) is 0 Å². The molecule has 3 aromatic rings. The number of aromatic nitrogens is 1. The van der Waals surface area contributed by atoms with Crippen LogP contribution in [-0.2, 0) is 11.3 Å². The topological polar surface area (TPSA) is 84.5 Å². The van der Waals surface area contributed by atoms with Gasteiger partial charge in [-0.25, -0.2) is 4.79 Å². The molecule has 1 aliphatic rings. The summed E-state index contributed by atoms with van der Waals surface area (Å²) in [4.78, 5) is 39.0. The Morgan fingerprint density at radius 1 is 1.07 bits per heavy atom. The van der Waals surface area contributed by atoms with Crippen LogP contribution in [0.4, 0.5) is 5.69 Å². The first-order chi connectivity index (χ1) is 14.4. The van der Waals surface area contributed by atoms with Crippen LogP contribution in [0.5, 0.6) is 0 Å². The molecular formula is C23H25N3O4. The van der Waals surface area contributed by atoms with Crippen molar-refractivity contribution in [3.05, 3.63) is 63.6 Å². The zero-order valence-corrected chi connectivity index (χ0v) is 17.2. The standard InChI is InChI=1S/C23H25N3O4/c1-15-5-8-20-19(13-15)26(23(29)30-20)12-9-21(27)24-18-7-6-17(14-16(18)2)22(28)25-10-3-4-11-25/h5-8,13-14H,3-4,9-12H2,1-2H3,(H,24,27). The van der Waals surface area contributed by atoms with Crippen molar-refractivity contribution >= 4 is 28.6 Å². The lowest BCUT2D eigenvalue weighted by Crippen LogP contribution is -2.27. The normalized spacial score (nSPS) is 13.7. The Bertz CT molecular complexity index is 1170. The Labute approximate surface area is 174 Å². The molecule has 7 nitrogen and oxygen atoms in total. The number of hydrogen-bond acceptors (Lipinski definition) is 4. The first-order valence-electron chi connectivity index (χ1n) is 10.2. The maximum Gasteiger partial charge on any atom is 0.419 e. The minimum atomic E-state index is -0.468. The number of benzene rings is 2. The summed E-state index contributed by atoms with van der Waals surface area (Å²) in [5, 5.41) is 2.88. The minimum absolute atomic E-state index is 0.0370. The second-order valence-corrected chi connectivity index (χ2v) is 7.82. The number of nitrogens with one attached hydrogen (secondary N) is 1. The summed E-state index contributed by atoms with van der Waals surface area (Å²) < 4.78 is 6.72. The number of nitrogens with zero attached hydrogens (tertiary/aromatic N) is 2. The highest BCUT2D eigenvalue weighted by molar-refractivity contribution is 5.96. The quantitative estimate of drug-likeness (QED) is 0.702. The van der Waals surface area contributed by atoms with Crippen molar-refractivity contribution < 1.29 is 14.0 Å². The number of amides is 2. The fraction of sp³-hybridized carbons (Fsp3) is 0.348. The third-order valence-electron chi connectivity index (χ3n) is 5.53. The van der Waals surface area contributed by atoms with Crippen molar-refractivity contribution in [1.29, 1.82) is 0 Å². The summed E-state index contributed by atoms with van der Waals surface area (Å²) in [5.41, 5.74) is 4.35. The molecule has 1 fully saturated rings. The predicted octanol–water partition coefficient (Wildman–Crippen LogP) is 3.48. The lowest BCUT2D eigenvalue weighted by molar-refractivity contribution is -0.116. The summed E-state index contributed by atoms with van der Waals surface area (Å²) in [6, 6.07) is 10.8. The molecule has 0 atom stereocenters. The van der Waals surface area contributed by atoms with Crippen LogP contribution in [-0.4, -0.2) is 34.4 Å². The maximum atomic E-state index is 12.5.